The predicted molar refractivity (Wildman–Crippen MR) is 71.5 cm³/mol. The quantitative estimate of drug-likeness (QED) is 0.921. The summed E-state index contributed by atoms with van der Waals surface area (Å²) in [7, 11) is 0. The minimum atomic E-state index is 0.716. The van der Waals surface area contributed by atoms with Gasteiger partial charge in [0.25, 0.3) is 0 Å². The highest BCUT2D eigenvalue weighted by Crippen LogP contribution is 2.20. The van der Waals surface area contributed by atoms with Gasteiger partial charge in [0.05, 0.1) is 0 Å². The molecule has 2 aromatic heterocycles. The summed E-state index contributed by atoms with van der Waals surface area (Å²) >= 11 is 1.65. The summed E-state index contributed by atoms with van der Waals surface area (Å²) in [4.78, 5) is 4.45. The number of thiophene rings is 1. The fraction of sp³-hybridized carbons (Fsp3) is 0.538. The molecule has 1 aliphatic rings. The molecule has 1 saturated heterocycles. The van der Waals surface area contributed by atoms with Gasteiger partial charge in [0, 0.05) is 17.4 Å². The number of nitrogens with one attached hydrogen (secondary N) is 1. The summed E-state index contributed by atoms with van der Waals surface area (Å²) in [6.07, 6.45) is 4.63. The molecule has 0 amide bonds. The predicted octanol–water partition coefficient (Wildman–Crippen LogP) is 2.73. The van der Waals surface area contributed by atoms with Gasteiger partial charge in [0.1, 0.15) is 0 Å². The average Bonchev–Trinajstić information content (AvgIpc) is 3.08. The Kier molecular flexibility index (Phi) is 3.71. The molecule has 1 N–H and O–H groups in total. The standard InChI is InChI=1S/C13H17N3OS/c1-2-10(8-14-6-1)3-4-12-15-13(16-17-12)11-5-7-18-9-11/h5,7,9-10,14H,1-4,6,8H2. The van der Waals surface area contributed by atoms with E-state index in [1.54, 1.807) is 11.3 Å². The Morgan fingerprint density at radius 2 is 2.50 bits per heavy atom. The Labute approximate surface area is 110 Å². The first-order chi connectivity index (χ1) is 8.92. The third-order valence-corrected chi connectivity index (χ3v) is 4.10. The van der Waals surface area contributed by atoms with Crippen molar-refractivity contribution in [2.24, 2.45) is 5.92 Å². The van der Waals surface area contributed by atoms with Gasteiger partial charge in [-0.3, -0.25) is 0 Å². The molecule has 18 heavy (non-hydrogen) atoms. The van der Waals surface area contributed by atoms with Crippen molar-refractivity contribution in [1.29, 1.82) is 0 Å². The minimum absolute atomic E-state index is 0.716. The molecule has 5 heteroatoms. The molecular formula is C13H17N3OS. The van der Waals surface area contributed by atoms with E-state index < -0.39 is 0 Å². The zero-order valence-electron chi connectivity index (χ0n) is 10.3. The van der Waals surface area contributed by atoms with Crippen molar-refractivity contribution in [2.75, 3.05) is 13.1 Å². The van der Waals surface area contributed by atoms with E-state index in [2.05, 4.69) is 15.5 Å². The number of aromatic nitrogens is 2. The van der Waals surface area contributed by atoms with Crippen LogP contribution in [-0.4, -0.2) is 23.2 Å². The third-order valence-electron chi connectivity index (χ3n) is 3.41. The van der Waals surface area contributed by atoms with Crippen LogP contribution in [0.2, 0.25) is 0 Å². The van der Waals surface area contributed by atoms with Crippen molar-refractivity contribution in [3.8, 4) is 11.4 Å². The van der Waals surface area contributed by atoms with Gasteiger partial charge >= 0.3 is 0 Å². The van der Waals surface area contributed by atoms with Crippen LogP contribution in [-0.2, 0) is 6.42 Å². The van der Waals surface area contributed by atoms with Gasteiger partial charge in [-0.1, -0.05) is 5.16 Å². The van der Waals surface area contributed by atoms with Crippen molar-refractivity contribution in [3.63, 3.8) is 0 Å². The molecule has 0 spiro atoms. The van der Waals surface area contributed by atoms with Gasteiger partial charge < -0.3 is 9.84 Å². The second-order valence-electron chi connectivity index (χ2n) is 4.77. The summed E-state index contributed by atoms with van der Waals surface area (Å²) < 4.78 is 5.30. The van der Waals surface area contributed by atoms with Crippen LogP contribution in [0.15, 0.2) is 21.3 Å². The number of hydrogen-bond donors (Lipinski definition) is 1. The van der Waals surface area contributed by atoms with E-state index in [0.29, 0.717) is 5.82 Å². The van der Waals surface area contributed by atoms with Gasteiger partial charge in [-0.2, -0.15) is 16.3 Å². The van der Waals surface area contributed by atoms with Crippen LogP contribution in [0.3, 0.4) is 0 Å². The molecule has 1 fully saturated rings. The molecule has 2 aromatic rings. The van der Waals surface area contributed by atoms with Gasteiger partial charge in [-0.15, -0.1) is 0 Å². The molecule has 3 rings (SSSR count). The topological polar surface area (TPSA) is 51.0 Å². The van der Waals surface area contributed by atoms with Gasteiger partial charge in [-0.05, 0) is 49.7 Å². The number of nitrogens with zero attached hydrogens (tertiary/aromatic N) is 2. The highest BCUT2D eigenvalue weighted by Gasteiger charge is 2.15. The Balaban J connectivity index is 1.57. The Hall–Kier alpha value is -1.20. The lowest BCUT2D eigenvalue weighted by Gasteiger charge is -2.21. The second kappa shape index (κ2) is 5.63. The van der Waals surface area contributed by atoms with Gasteiger partial charge in [0.15, 0.2) is 0 Å². The first-order valence-electron chi connectivity index (χ1n) is 6.48. The molecular weight excluding hydrogens is 246 g/mol. The van der Waals surface area contributed by atoms with Crippen LogP contribution < -0.4 is 5.32 Å². The van der Waals surface area contributed by atoms with E-state index in [1.165, 1.54) is 19.4 Å². The van der Waals surface area contributed by atoms with E-state index in [1.807, 2.05) is 16.8 Å². The lowest BCUT2D eigenvalue weighted by molar-refractivity contribution is 0.327. The van der Waals surface area contributed by atoms with Crippen LogP contribution in [0, 0.1) is 5.92 Å². The molecule has 0 saturated carbocycles. The molecule has 4 nitrogen and oxygen atoms in total. The lowest BCUT2D eigenvalue weighted by Crippen LogP contribution is -2.29. The molecule has 3 heterocycles. The van der Waals surface area contributed by atoms with Crippen LogP contribution in [0.5, 0.6) is 0 Å². The fourth-order valence-corrected chi connectivity index (χ4v) is 3.00. The van der Waals surface area contributed by atoms with Crippen LogP contribution >= 0.6 is 11.3 Å². The summed E-state index contributed by atoms with van der Waals surface area (Å²) in [5.41, 5.74) is 1.05. The smallest absolute Gasteiger partial charge is 0.226 e. The molecule has 1 unspecified atom stereocenters. The molecule has 1 atom stereocenters. The monoisotopic (exact) mass is 263 g/mol. The normalized spacial score (nSPS) is 20.1. The molecule has 0 aromatic carbocycles. The maximum atomic E-state index is 5.30. The first-order valence-corrected chi connectivity index (χ1v) is 7.42. The molecule has 0 radical (unpaired) electrons. The van der Waals surface area contributed by atoms with Crippen LogP contribution in [0.1, 0.15) is 25.2 Å². The summed E-state index contributed by atoms with van der Waals surface area (Å²) in [5, 5.41) is 11.5. The van der Waals surface area contributed by atoms with Gasteiger partial charge in [0.2, 0.25) is 11.7 Å². The number of aryl methyl sites for hydroxylation is 1. The fourth-order valence-electron chi connectivity index (χ4n) is 2.36. The highest BCUT2D eigenvalue weighted by atomic mass is 32.1. The number of piperidine rings is 1. The maximum Gasteiger partial charge on any atom is 0.226 e. The molecule has 96 valence electrons. The number of hydrogen-bond acceptors (Lipinski definition) is 5. The highest BCUT2D eigenvalue weighted by molar-refractivity contribution is 7.08. The Bertz CT molecular complexity index is 474. The largest absolute Gasteiger partial charge is 0.339 e. The van der Waals surface area contributed by atoms with E-state index >= 15 is 0 Å². The van der Waals surface area contributed by atoms with Crippen molar-refractivity contribution in [3.05, 3.63) is 22.7 Å². The zero-order chi connectivity index (χ0) is 12.2. The third kappa shape index (κ3) is 2.79. The molecule has 0 aliphatic carbocycles. The van der Waals surface area contributed by atoms with Crippen molar-refractivity contribution < 1.29 is 4.52 Å². The Morgan fingerprint density at radius 3 is 3.28 bits per heavy atom. The molecule has 0 bridgehead atoms. The van der Waals surface area contributed by atoms with Crippen LogP contribution in [0.25, 0.3) is 11.4 Å². The van der Waals surface area contributed by atoms with Gasteiger partial charge in [-0.25, -0.2) is 0 Å². The van der Waals surface area contributed by atoms with Crippen molar-refractivity contribution in [2.45, 2.75) is 25.7 Å². The average molecular weight is 263 g/mol. The zero-order valence-corrected chi connectivity index (χ0v) is 11.1. The van der Waals surface area contributed by atoms with E-state index in [9.17, 15) is 0 Å². The SMILES string of the molecule is c1cc(-c2noc(CCC3CCCNC3)n2)cs1. The minimum Gasteiger partial charge on any atom is -0.339 e. The maximum absolute atomic E-state index is 5.30. The first kappa shape index (κ1) is 11.9. The van der Waals surface area contributed by atoms with Crippen molar-refractivity contribution in [1.82, 2.24) is 15.5 Å². The van der Waals surface area contributed by atoms with E-state index in [-0.39, 0.29) is 0 Å². The summed E-state index contributed by atoms with van der Waals surface area (Å²) in [6.45, 7) is 2.30. The van der Waals surface area contributed by atoms with Crippen LogP contribution in [0.4, 0.5) is 0 Å². The second-order valence-corrected chi connectivity index (χ2v) is 5.55. The van der Waals surface area contributed by atoms with E-state index in [4.69, 9.17) is 4.52 Å². The van der Waals surface area contributed by atoms with Crippen molar-refractivity contribution >= 4 is 11.3 Å². The summed E-state index contributed by atoms with van der Waals surface area (Å²) in [6, 6.07) is 2.02. The van der Waals surface area contributed by atoms with E-state index in [0.717, 1.165) is 36.8 Å². The molecule has 1 aliphatic heterocycles. The lowest BCUT2D eigenvalue weighted by atomic mass is 9.95. The summed E-state index contributed by atoms with van der Waals surface area (Å²) in [5.74, 6) is 2.24. The number of rotatable bonds is 4. The Morgan fingerprint density at radius 1 is 1.50 bits per heavy atom.